The van der Waals surface area contributed by atoms with Crippen LogP contribution in [0, 0.1) is 0 Å². The number of nitrogens with zero attached hydrogens (tertiary/aromatic N) is 1. The lowest BCUT2D eigenvalue weighted by molar-refractivity contribution is -0.138. The molecule has 0 saturated carbocycles. The molecule has 0 bridgehead atoms. The van der Waals surface area contributed by atoms with E-state index in [4.69, 9.17) is 14.9 Å². The van der Waals surface area contributed by atoms with Crippen molar-refractivity contribution in [3.05, 3.63) is 32.6 Å². The molecule has 0 spiro atoms. The molecular formula is C10H16N2O15P3+. The Bertz CT molecular complexity index is 1010. The summed E-state index contributed by atoms with van der Waals surface area (Å²) in [7, 11) is -13.1. The van der Waals surface area contributed by atoms with E-state index in [0.717, 1.165) is 10.8 Å². The minimum Gasteiger partial charge on any atom is -0.387 e. The van der Waals surface area contributed by atoms with Crippen molar-refractivity contribution in [1.82, 2.24) is 9.55 Å². The van der Waals surface area contributed by atoms with Crippen molar-refractivity contribution in [3.63, 3.8) is 0 Å². The van der Waals surface area contributed by atoms with Gasteiger partial charge in [0.05, 0.1) is 16.8 Å². The Hall–Kier alpha value is -1.16. The van der Waals surface area contributed by atoms with E-state index in [0.29, 0.717) is 0 Å². The number of aromatic nitrogens is 2. The minimum atomic E-state index is -5.49. The Balaban J connectivity index is 2.07. The van der Waals surface area contributed by atoms with Crippen molar-refractivity contribution >= 4 is 23.9 Å². The van der Waals surface area contributed by atoms with Gasteiger partial charge in [0.15, 0.2) is 0 Å². The number of aliphatic hydroxyl groups is 2. The SMILES string of the molecule is Cn1cc(C2OC(COP(=O)(O)OP(=O)(O)O[P+](=O)OO)C(O)C2O)c(=O)[nH]c1=O. The molecule has 7 atom stereocenters. The van der Waals surface area contributed by atoms with Crippen LogP contribution in [0.15, 0.2) is 15.8 Å². The van der Waals surface area contributed by atoms with E-state index < -0.39 is 66.2 Å². The van der Waals surface area contributed by atoms with Crippen LogP contribution in [0.1, 0.15) is 11.7 Å². The first-order valence-electron chi connectivity index (χ1n) is 7.58. The van der Waals surface area contributed by atoms with E-state index >= 15 is 0 Å². The van der Waals surface area contributed by atoms with Crippen LogP contribution in [0.5, 0.6) is 0 Å². The second-order valence-corrected chi connectivity index (χ2v) is 9.78. The number of aromatic amines is 1. The summed E-state index contributed by atoms with van der Waals surface area (Å²) >= 11 is 0. The van der Waals surface area contributed by atoms with Crippen LogP contribution < -0.4 is 11.2 Å². The maximum atomic E-state index is 11.9. The van der Waals surface area contributed by atoms with Crippen molar-refractivity contribution in [2.24, 2.45) is 7.05 Å². The summed E-state index contributed by atoms with van der Waals surface area (Å²) in [6, 6.07) is 0. The monoisotopic (exact) mass is 497 g/mol. The largest absolute Gasteiger partial charge is 0.739 e. The molecule has 1 fully saturated rings. The minimum absolute atomic E-state index is 0.240. The van der Waals surface area contributed by atoms with Gasteiger partial charge in [-0.3, -0.25) is 19.2 Å². The van der Waals surface area contributed by atoms with Crippen LogP contribution in [0.3, 0.4) is 0 Å². The van der Waals surface area contributed by atoms with Crippen molar-refractivity contribution in [2.75, 3.05) is 6.61 Å². The number of aryl methyl sites for hydroxylation is 1. The Labute approximate surface area is 166 Å². The molecule has 20 heteroatoms. The zero-order chi connectivity index (χ0) is 22.9. The molecule has 1 aliphatic heterocycles. The lowest BCUT2D eigenvalue weighted by atomic mass is 10.0. The molecule has 1 saturated heterocycles. The number of phosphoric ester groups is 1. The third-order valence-corrected chi connectivity index (χ3v) is 7.27. The highest BCUT2D eigenvalue weighted by Gasteiger charge is 2.48. The van der Waals surface area contributed by atoms with E-state index in [1.165, 1.54) is 7.05 Å². The van der Waals surface area contributed by atoms with E-state index in [9.17, 15) is 38.4 Å². The number of ether oxygens (including phenoxy) is 1. The predicted molar refractivity (Wildman–Crippen MR) is 91.0 cm³/mol. The first kappa shape index (κ1) is 25.1. The van der Waals surface area contributed by atoms with Gasteiger partial charge in [-0.2, -0.15) is 4.31 Å². The molecule has 6 N–H and O–H groups in total. The molecule has 1 aliphatic rings. The van der Waals surface area contributed by atoms with Crippen LogP contribution in [-0.2, 0) is 43.3 Å². The van der Waals surface area contributed by atoms with Gasteiger partial charge in [-0.05, 0) is 4.31 Å². The fourth-order valence-electron chi connectivity index (χ4n) is 2.37. The third-order valence-electron chi connectivity index (χ3n) is 3.65. The predicted octanol–water partition coefficient (Wildman–Crippen LogP) is -1.37. The molecule has 1 aromatic heterocycles. The van der Waals surface area contributed by atoms with Crippen LogP contribution in [0.2, 0.25) is 0 Å². The van der Waals surface area contributed by atoms with Crippen molar-refractivity contribution in [1.29, 1.82) is 0 Å². The maximum Gasteiger partial charge on any atom is 0.739 e. The number of H-pyrrole nitrogens is 1. The van der Waals surface area contributed by atoms with Gasteiger partial charge in [-0.1, -0.05) is 0 Å². The highest BCUT2D eigenvalue weighted by molar-refractivity contribution is 7.64. The summed E-state index contributed by atoms with van der Waals surface area (Å²) in [5.41, 5.74) is -1.90. The zero-order valence-electron chi connectivity index (χ0n) is 14.7. The Morgan fingerprint density at radius 1 is 1.23 bits per heavy atom. The second-order valence-electron chi connectivity index (χ2n) is 5.73. The van der Waals surface area contributed by atoms with Crippen molar-refractivity contribution in [2.45, 2.75) is 24.4 Å². The van der Waals surface area contributed by atoms with Gasteiger partial charge in [-0.15, -0.1) is 0 Å². The summed E-state index contributed by atoms with van der Waals surface area (Å²) < 4.78 is 55.0. The Morgan fingerprint density at radius 3 is 2.47 bits per heavy atom. The second kappa shape index (κ2) is 9.54. The van der Waals surface area contributed by atoms with Gasteiger partial charge in [0.2, 0.25) is 0 Å². The molecule has 2 heterocycles. The molecule has 1 aromatic rings. The summed E-state index contributed by atoms with van der Waals surface area (Å²) in [5.74, 6) is 0. The summed E-state index contributed by atoms with van der Waals surface area (Å²) in [4.78, 5) is 43.9. The van der Waals surface area contributed by atoms with E-state index in [1.807, 2.05) is 4.98 Å². The molecule has 30 heavy (non-hydrogen) atoms. The molecule has 17 nitrogen and oxygen atoms in total. The molecule has 2 rings (SSSR count). The van der Waals surface area contributed by atoms with E-state index in [2.05, 4.69) is 17.8 Å². The molecule has 0 amide bonds. The van der Waals surface area contributed by atoms with E-state index in [-0.39, 0.29) is 5.56 Å². The van der Waals surface area contributed by atoms with Crippen molar-refractivity contribution < 1.29 is 61.5 Å². The average molecular weight is 497 g/mol. The van der Waals surface area contributed by atoms with Gasteiger partial charge >= 0.3 is 29.6 Å². The lowest BCUT2D eigenvalue weighted by Crippen LogP contribution is -2.35. The molecular weight excluding hydrogens is 481 g/mol. The number of hydrogen-bond donors (Lipinski definition) is 6. The van der Waals surface area contributed by atoms with E-state index in [1.54, 1.807) is 0 Å². The summed E-state index contributed by atoms with van der Waals surface area (Å²) in [5, 5.41) is 28.1. The third kappa shape index (κ3) is 6.18. The first-order chi connectivity index (χ1) is 13.8. The number of aliphatic hydroxyl groups excluding tert-OH is 2. The number of rotatable bonds is 9. The van der Waals surface area contributed by atoms with Crippen molar-refractivity contribution in [3.8, 4) is 0 Å². The highest BCUT2D eigenvalue weighted by Crippen LogP contribution is 2.63. The Kier molecular flexibility index (Phi) is 7.99. The van der Waals surface area contributed by atoms with Gasteiger partial charge in [0.25, 0.3) is 5.56 Å². The first-order valence-corrected chi connectivity index (χ1v) is 11.7. The number of phosphoric acid groups is 2. The normalized spacial score (nSPS) is 28.7. The van der Waals surface area contributed by atoms with Crippen LogP contribution in [0.4, 0.5) is 0 Å². The highest BCUT2D eigenvalue weighted by atomic mass is 31.3. The summed E-state index contributed by atoms with van der Waals surface area (Å²) in [6.07, 6.45) is -5.40. The van der Waals surface area contributed by atoms with Crippen LogP contribution in [-0.4, -0.2) is 59.7 Å². The topological polar surface area (TPSA) is 253 Å². The van der Waals surface area contributed by atoms with Crippen LogP contribution >= 0.6 is 23.9 Å². The summed E-state index contributed by atoms with van der Waals surface area (Å²) in [6.45, 7) is -0.991. The lowest BCUT2D eigenvalue weighted by Gasteiger charge is -2.17. The molecule has 7 unspecified atom stereocenters. The van der Waals surface area contributed by atoms with Crippen LogP contribution in [0.25, 0.3) is 0 Å². The van der Waals surface area contributed by atoms with Gasteiger partial charge in [-0.25, -0.2) is 19.2 Å². The number of hydrogen-bond acceptors (Lipinski definition) is 13. The smallest absolute Gasteiger partial charge is 0.387 e. The molecule has 0 aliphatic carbocycles. The fourth-order valence-corrected chi connectivity index (χ4v) is 5.11. The molecule has 0 aromatic carbocycles. The van der Waals surface area contributed by atoms with Gasteiger partial charge in [0.1, 0.15) is 24.4 Å². The van der Waals surface area contributed by atoms with Gasteiger partial charge < -0.3 is 24.4 Å². The molecule has 170 valence electrons. The standard InChI is InChI=1S/C10H15N2O15P3/c1-12-2-4(9(15)11-10(12)16)8-7(14)6(13)5(24-8)3-23-29(19,20)27-30(21,22)26-28(18)25-17/h2,5-8,13-14H,3H2,1H3,(H3-,11,15,16,17,19,20,21,22)/p+1. The Morgan fingerprint density at radius 2 is 1.87 bits per heavy atom. The zero-order valence-corrected chi connectivity index (χ0v) is 17.4. The van der Waals surface area contributed by atoms with Gasteiger partial charge in [0, 0.05) is 17.8 Å². The maximum absolute atomic E-state index is 11.9. The quantitative estimate of drug-likeness (QED) is 0.131. The molecule has 0 radical (unpaired) electrons. The average Bonchev–Trinajstić information content (AvgIpc) is 2.90. The number of nitrogens with one attached hydrogen (secondary N) is 1. The fraction of sp³-hybridized carbons (Fsp3) is 0.600.